The Balaban J connectivity index is 2.90. The second-order valence-electron chi connectivity index (χ2n) is 3.58. The Morgan fingerprint density at radius 2 is 1.84 bits per heavy atom. The number of esters is 2. The van der Waals surface area contributed by atoms with Gasteiger partial charge in [-0.3, -0.25) is 0 Å². The van der Waals surface area contributed by atoms with Gasteiger partial charge in [0.2, 0.25) is 0 Å². The summed E-state index contributed by atoms with van der Waals surface area (Å²) in [6.45, 7) is 4.06. The zero-order chi connectivity index (χ0) is 14.3. The Hall–Kier alpha value is -1.81. The standard InChI is InChI=1S/C14H15ClO4/c1-3-18-13(16)6-5-10-7-11(9-12(15)8-10)14(17)19-4-2/h5-9H,3-4H2,1-2H3. The van der Waals surface area contributed by atoms with Gasteiger partial charge >= 0.3 is 11.9 Å². The summed E-state index contributed by atoms with van der Waals surface area (Å²) in [5.74, 6) is -0.893. The van der Waals surface area contributed by atoms with Crippen LogP contribution in [0.5, 0.6) is 0 Å². The molecule has 0 aliphatic rings. The first-order valence-electron chi connectivity index (χ1n) is 5.89. The van der Waals surface area contributed by atoms with Crippen LogP contribution in [0.15, 0.2) is 24.3 Å². The highest BCUT2D eigenvalue weighted by atomic mass is 35.5. The third kappa shape index (κ3) is 5.14. The van der Waals surface area contributed by atoms with E-state index in [-0.39, 0.29) is 0 Å². The predicted molar refractivity (Wildman–Crippen MR) is 73.1 cm³/mol. The minimum absolute atomic E-state index is 0.291. The second-order valence-corrected chi connectivity index (χ2v) is 4.02. The highest BCUT2D eigenvalue weighted by Gasteiger charge is 2.08. The average Bonchev–Trinajstić information content (AvgIpc) is 2.36. The van der Waals surface area contributed by atoms with Gasteiger partial charge in [0.1, 0.15) is 0 Å². The maximum Gasteiger partial charge on any atom is 0.338 e. The van der Waals surface area contributed by atoms with Gasteiger partial charge in [-0.05, 0) is 43.7 Å². The van der Waals surface area contributed by atoms with Crippen LogP contribution in [0.4, 0.5) is 0 Å². The predicted octanol–water partition coefficient (Wildman–Crippen LogP) is 3.09. The normalized spacial score (nSPS) is 10.5. The maximum absolute atomic E-state index is 11.6. The molecule has 1 aromatic rings. The summed E-state index contributed by atoms with van der Waals surface area (Å²) < 4.78 is 9.65. The topological polar surface area (TPSA) is 52.6 Å². The van der Waals surface area contributed by atoms with E-state index in [0.717, 1.165) is 0 Å². The van der Waals surface area contributed by atoms with Crippen molar-refractivity contribution in [2.45, 2.75) is 13.8 Å². The highest BCUT2D eigenvalue weighted by Crippen LogP contribution is 2.17. The number of ether oxygens (including phenoxy) is 2. The summed E-state index contributed by atoms with van der Waals surface area (Å²) in [5.41, 5.74) is 0.974. The fourth-order valence-corrected chi connectivity index (χ4v) is 1.64. The first kappa shape index (κ1) is 15.2. The van der Waals surface area contributed by atoms with Crippen molar-refractivity contribution >= 4 is 29.6 Å². The number of carbonyl (C=O) groups excluding carboxylic acids is 2. The van der Waals surface area contributed by atoms with Crippen molar-refractivity contribution in [3.05, 3.63) is 40.4 Å². The lowest BCUT2D eigenvalue weighted by Crippen LogP contribution is -2.04. The SMILES string of the molecule is CCOC(=O)C=Cc1cc(Cl)cc(C(=O)OCC)c1. The van der Waals surface area contributed by atoms with Gasteiger partial charge in [-0.15, -0.1) is 0 Å². The van der Waals surface area contributed by atoms with E-state index in [1.807, 2.05) is 0 Å². The monoisotopic (exact) mass is 282 g/mol. The van der Waals surface area contributed by atoms with Crippen molar-refractivity contribution in [2.24, 2.45) is 0 Å². The molecule has 1 aromatic carbocycles. The van der Waals surface area contributed by atoms with Crippen LogP contribution in [0.25, 0.3) is 6.08 Å². The van der Waals surface area contributed by atoms with E-state index in [4.69, 9.17) is 21.1 Å². The largest absolute Gasteiger partial charge is 0.463 e. The molecule has 19 heavy (non-hydrogen) atoms. The van der Waals surface area contributed by atoms with Crippen LogP contribution < -0.4 is 0 Å². The van der Waals surface area contributed by atoms with E-state index in [9.17, 15) is 9.59 Å². The minimum Gasteiger partial charge on any atom is -0.463 e. The molecule has 0 bridgehead atoms. The third-order valence-electron chi connectivity index (χ3n) is 2.13. The number of halogens is 1. The van der Waals surface area contributed by atoms with Crippen molar-refractivity contribution in [1.29, 1.82) is 0 Å². The van der Waals surface area contributed by atoms with Crippen LogP contribution in [-0.2, 0) is 14.3 Å². The summed E-state index contributed by atoms with van der Waals surface area (Å²) in [6, 6.07) is 4.75. The fraction of sp³-hybridized carbons (Fsp3) is 0.286. The molecule has 1 rings (SSSR count). The molecule has 0 fully saturated rings. The zero-order valence-electron chi connectivity index (χ0n) is 10.8. The molecule has 0 N–H and O–H groups in total. The van der Waals surface area contributed by atoms with Crippen molar-refractivity contribution in [1.82, 2.24) is 0 Å². The van der Waals surface area contributed by atoms with Crippen LogP contribution >= 0.6 is 11.6 Å². The average molecular weight is 283 g/mol. The quantitative estimate of drug-likeness (QED) is 0.615. The van der Waals surface area contributed by atoms with E-state index in [0.29, 0.717) is 29.4 Å². The molecule has 0 aliphatic heterocycles. The lowest BCUT2D eigenvalue weighted by Gasteiger charge is -2.04. The van der Waals surface area contributed by atoms with Crippen LogP contribution in [0, 0.1) is 0 Å². The molecule has 0 saturated heterocycles. The van der Waals surface area contributed by atoms with Gasteiger partial charge in [0.15, 0.2) is 0 Å². The van der Waals surface area contributed by atoms with E-state index in [1.165, 1.54) is 18.2 Å². The Labute approximate surface area is 117 Å². The molecule has 0 radical (unpaired) electrons. The highest BCUT2D eigenvalue weighted by molar-refractivity contribution is 6.31. The molecular formula is C14H15ClO4. The molecule has 0 saturated carbocycles. The zero-order valence-corrected chi connectivity index (χ0v) is 11.6. The van der Waals surface area contributed by atoms with Gasteiger partial charge < -0.3 is 9.47 Å². The lowest BCUT2D eigenvalue weighted by molar-refractivity contribution is -0.137. The molecule has 0 spiro atoms. The summed E-state index contributed by atoms with van der Waals surface area (Å²) >= 11 is 5.91. The molecule has 0 heterocycles. The molecule has 0 aromatic heterocycles. The number of benzene rings is 1. The van der Waals surface area contributed by atoms with E-state index in [1.54, 1.807) is 26.0 Å². The van der Waals surface area contributed by atoms with Gasteiger partial charge in [-0.1, -0.05) is 11.6 Å². The van der Waals surface area contributed by atoms with Crippen molar-refractivity contribution in [3.8, 4) is 0 Å². The molecule has 102 valence electrons. The fourth-order valence-electron chi connectivity index (χ4n) is 1.40. The first-order chi connectivity index (χ1) is 9.06. The van der Waals surface area contributed by atoms with Crippen LogP contribution in [0.3, 0.4) is 0 Å². The lowest BCUT2D eigenvalue weighted by atomic mass is 10.1. The third-order valence-corrected chi connectivity index (χ3v) is 2.35. The number of carbonyl (C=O) groups is 2. The van der Waals surface area contributed by atoms with E-state index >= 15 is 0 Å². The Kier molecular flexibility index (Phi) is 6.09. The molecule has 5 heteroatoms. The second kappa shape index (κ2) is 7.59. The Morgan fingerprint density at radius 1 is 1.16 bits per heavy atom. The van der Waals surface area contributed by atoms with Crippen LogP contribution in [-0.4, -0.2) is 25.2 Å². The van der Waals surface area contributed by atoms with E-state index < -0.39 is 11.9 Å². The van der Waals surface area contributed by atoms with Crippen molar-refractivity contribution < 1.29 is 19.1 Å². The van der Waals surface area contributed by atoms with E-state index in [2.05, 4.69) is 0 Å². The van der Waals surface area contributed by atoms with Crippen LogP contribution in [0.1, 0.15) is 29.8 Å². The summed E-state index contributed by atoms with van der Waals surface area (Å²) in [5, 5.41) is 0.397. The smallest absolute Gasteiger partial charge is 0.338 e. The van der Waals surface area contributed by atoms with Crippen molar-refractivity contribution in [2.75, 3.05) is 13.2 Å². The number of hydrogen-bond donors (Lipinski definition) is 0. The Morgan fingerprint density at radius 3 is 2.47 bits per heavy atom. The van der Waals surface area contributed by atoms with Gasteiger partial charge in [0, 0.05) is 11.1 Å². The molecule has 0 amide bonds. The number of hydrogen-bond acceptors (Lipinski definition) is 4. The van der Waals surface area contributed by atoms with Gasteiger partial charge in [0.05, 0.1) is 18.8 Å². The molecule has 4 nitrogen and oxygen atoms in total. The minimum atomic E-state index is -0.448. The Bertz CT molecular complexity index is 494. The summed E-state index contributed by atoms with van der Waals surface area (Å²) in [4.78, 5) is 22.8. The summed E-state index contributed by atoms with van der Waals surface area (Å²) in [7, 11) is 0. The van der Waals surface area contributed by atoms with Gasteiger partial charge in [0.25, 0.3) is 0 Å². The molecular weight excluding hydrogens is 268 g/mol. The van der Waals surface area contributed by atoms with Gasteiger partial charge in [-0.25, -0.2) is 9.59 Å². The van der Waals surface area contributed by atoms with Crippen LogP contribution in [0.2, 0.25) is 5.02 Å². The molecule has 0 aliphatic carbocycles. The first-order valence-corrected chi connectivity index (χ1v) is 6.27. The van der Waals surface area contributed by atoms with Crippen molar-refractivity contribution in [3.63, 3.8) is 0 Å². The molecule has 0 unspecified atom stereocenters. The van der Waals surface area contributed by atoms with Gasteiger partial charge in [-0.2, -0.15) is 0 Å². The summed E-state index contributed by atoms with van der Waals surface area (Å²) in [6.07, 6.45) is 2.82. The molecule has 0 atom stereocenters. The maximum atomic E-state index is 11.6. The number of rotatable bonds is 5.